The lowest BCUT2D eigenvalue weighted by Gasteiger charge is -2.09. The summed E-state index contributed by atoms with van der Waals surface area (Å²) in [6.07, 6.45) is 1.54. The zero-order valence-corrected chi connectivity index (χ0v) is 10.8. The molecule has 94 valence electrons. The second-order valence-electron chi connectivity index (χ2n) is 3.92. The van der Waals surface area contributed by atoms with Crippen LogP contribution < -0.4 is 11.3 Å². The number of nitrogens with two attached hydrogens (primary N) is 1. The molecule has 0 bridgehead atoms. The van der Waals surface area contributed by atoms with Gasteiger partial charge in [0.05, 0.1) is 5.52 Å². The number of benzene rings is 1. The molecule has 0 saturated heterocycles. The molecule has 1 aromatic heterocycles. The average molecular weight is 262 g/mol. The summed E-state index contributed by atoms with van der Waals surface area (Å²) >= 11 is 1.53. The van der Waals surface area contributed by atoms with Crippen molar-refractivity contribution in [2.45, 2.75) is 11.9 Å². The highest BCUT2D eigenvalue weighted by molar-refractivity contribution is 7.99. The van der Waals surface area contributed by atoms with Gasteiger partial charge in [-0.2, -0.15) is 0 Å². The van der Waals surface area contributed by atoms with E-state index in [0.29, 0.717) is 5.75 Å². The van der Waals surface area contributed by atoms with Crippen molar-refractivity contribution in [3.8, 4) is 0 Å². The highest BCUT2D eigenvalue weighted by Gasteiger charge is 2.13. The number of amides is 1. The number of hydrogen-bond acceptors (Lipinski definition) is 5. The summed E-state index contributed by atoms with van der Waals surface area (Å²) in [5.41, 5.74) is 3.06. The fraction of sp³-hybridized carbons (Fsp3) is 0.250. The molecule has 1 unspecified atom stereocenters. The fourth-order valence-corrected chi connectivity index (χ4v) is 2.53. The van der Waals surface area contributed by atoms with Gasteiger partial charge in [-0.05, 0) is 6.07 Å². The Morgan fingerprint density at radius 3 is 3.00 bits per heavy atom. The highest BCUT2D eigenvalue weighted by atomic mass is 32.2. The SMILES string of the molecule is CC(CSc1ncnc2ccccc12)C(=O)NN. The average Bonchev–Trinajstić information content (AvgIpc) is 2.43. The number of fused-ring (bicyclic) bond motifs is 1. The van der Waals surface area contributed by atoms with Gasteiger partial charge < -0.3 is 0 Å². The van der Waals surface area contributed by atoms with Crippen LogP contribution in [0.4, 0.5) is 0 Å². The molecule has 0 aliphatic heterocycles. The molecule has 0 spiro atoms. The summed E-state index contributed by atoms with van der Waals surface area (Å²) in [6.45, 7) is 1.83. The molecule has 2 aromatic rings. The van der Waals surface area contributed by atoms with Crippen molar-refractivity contribution in [3.05, 3.63) is 30.6 Å². The predicted octanol–water partition coefficient (Wildman–Crippen LogP) is 1.35. The normalized spacial score (nSPS) is 12.3. The van der Waals surface area contributed by atoms with Crippen molar-refractivity contribution < 1.29 is 4.79 Å². The number of carbonyl (C=O) groups excluding carboxylic acids is 1. The largest absolute Gasteiger partial charge is 0.294 e. The maximum Gasteiger partial charge on any atom is 0.237 e. The Kier molecular flexibility index (Phi) is 4.11. The van der Waals surface area contributed by atoms with Crippen LogP contribution in [0.3, 0.4) is 0 Å². The number of rotatable bonds is 4. The van der Waals surface area contributed by atoms with E-state index in [1.54, 1.807) is 6.33 Å². The fourth-order valence-electron chi connectivity index (χ4n) is 1.52. The minimum absolute atomic E-state index is 0.159. The molecule has 0 aliphatic rings. The van der Waals surface area contributed by atoms with Crippen LogP contribution in [-0.2, 0) is 4.79 Å². The summed E-state index contributed by atoms with van der Waals surface area (Å²) in [5.74, 6) is 5.40. The number of hydrazine groups is 1. The predicted molar refractivity (Wildman–Crippen MR) is 71.8 cm³/mol. The molecule has 2 rings (SSSR count). The summed E-state index contributed by atoms with van der Waals surface area (Å²) in [4.78, 5) is 19.8. The van der Waals surface area contributed by atoms with Gasteiger partial charge >= 0.3 is 0 Å². The molecule has 1 atom stereocenters. The number of para-hydroxylation sites is 1. The second-order valence-corrected chi connectivity index (χ2v) is 4.93. The maximum absolute atomic E-state index is 11.3. The molecule has 1 heterocycles. The van der Waals surface area contributed by atoms with Crippen LogP contribution in [0, 0.1) is 5.92 Å². The topological polar surface area (TPSA) is 80.9 Å². The summed E-state index contributed by atoms with van der Waals surface area (Å²) < 4.78 is 0. The van der Waals surface area contributed by atoms with Crippen molar-refractivity contribution in [1.29, 1.82) is 0 Å². The Labute approximate surface area is 109 Å². The molecular weight excluding hydrogens is 248 g/mol. The molecule has 0 fully saturated rings. The van der Waals surface area contributed by atoms with Gasteiger partial charge in [0.2, 0.25) is 5.91 Å². The minimum atomic E-state index is -0.166. The molecule has 6 heteroatoms. The van der Waals surface area contributed by atoms with Crippen molar-refractivity contribution in [1.82, 2.24) is 15.4 Å². The number of carbonyl (C=O) groups is 1. The van der Waals surface area contributed by atoms with Crippen LogP contribution in [-0.4, -0.2) is 21.6 Å². The van der Waals surface area contributed by atoms with Gasteiger partial charge in [0, 0.05) is 17.1 Å². The van der Waals surface area contributed by atoms with E-state index in [0.717, 1.165) is 15.9 Å². The number of thioether (sulfide) groups is 1. The van der Waals surface area contributed by atoms with Crippen LogP contribution in [0.25, 0.3) is 10.9 Å². The molecule has 0 saturated carbocycles. The van der Waals surface area contributed by atoms with E-state index in [4.69, 9.17) is 5.84 Å². The lowest BCUT2D eigenvalue weighted by atomic mass is 10.2. The van der Waals surface area contributed by atoms with Crippen LogP contribution in [0.2, 0.25) is 0 Å². The molecule has 3 N–H and O–H groups in total. The lowest BCUT2D eigenvalue weighted by Crippen LogP contribution is -2.35. The quantitative estimate of drug-likeness (QED) is 0.286. The van der Waals surface area contributed by atoms with Crippen molar-refractivity contribution in [3.63, 3.8) is 0 Å². The van der Waals surface area contributed by atoms with Gasteiger partial charge in [0.1, 0.15) is 11.4 Å². The van der Waals surface area contributed by atoms with E-state index < -0.39 is 0 Å². The van der Waals surface area contributed by atoms with Crippen LogP contribution >= 0.6 is 11.8 Å². The van der Waals surface area contributed by atoms with Crippen LogP contribution in [0.1, 0.15) is 6.92 Å². The number of hydrogen-bond donors (Lipinski definition) is 2. The Morgan fingerprint density at radius 1 is 1.44 bits per heavy atom. The van der Waals surface area contributed by atoms with Crippen molar-refractivity contribution >= 4 is 28.6 Å². The van der Waals surface area contributed by atoms with Gasteiger partial charge in [0.25, 0.3) is 0 Å². The highest BCUT2D eigenvalue weighted by Crippen LogP contribution is 2.25. The van der Waals surface area contributed by atoms with Crippen molar-refractivity contribution in [2.24, 2.45) is 11.8 Å². The summed E-state index contributed by atoms with van der Waals surface area (Å²) in [7, 11) is 0. The number of nitrogens with one attached hydrogen (secondary N) is 1. The van der Waals surface area contributed by atoms with Gasteiger partial charge in [-0.3, -0.25) is 10.2 Å². The van der Waals surface area contributed by atoms with Gasteiger partial charge in [-0.15, -0.1) is 11.8 Å². The summed E-state index contributed by atoms with van der Waals surface area (Å²) in [5, 5.41) is 1.89. The van der Waals surface area contributed by atoms with E-state index in [2.05, 4.69) is 15.4 Å². The minimum Gasteiger partial charge on any atom is -0.294 e. The second kappa shape index (κ2) is 5.79. The third kappa shape index (κ3) is 2.77. The van der Waals surface area contributed by atoms with Gasteiger partial charge in [0.15, 0.2) is 0 Å². The van der Waals surface area contributed by atoms with E-state index in [-0.39, 0.29) is 11.8 Å². The zero-order valence-electron chi connectivity index (χ0n) is 9.96. The third-order valence-electron chi connectivity index (χ3n) is 2.57. The zero-order chi connectivity index (χ0) is 13.0. The summed E-state index contributed by atoms with van der Waals surface area (Å²) in [6, 6.07) is 7.81. The van der Waals surface area contributed by atoms with E-state index >= 15 is 0 Å². The van der Waals surface area contributed by atoms with Crippen LogP contribution in [0.15, 0.2) is 35.6 Å². The Bertz CT molecular complexity index is 555. The first-order chi connectivity index (χ1) is 8.72. The van der Waals surface area contributed by atoms with E-state index in [1.165, 1.54) is 11.8 Å². The Hall–Kier alpha value is -1.66. The first-order valence-electron chi connectivity index (χ1n) is 5.55. The molecule has 0 radical (unpaired) electrons. The third-order valence-corrected chi connectivity index (χ3v) is 3.83. The first-order valence-corrected chi connectivity index (χ1v) is 6.54. The molecular formula is C12H14N4OS. The lowest BCUT2D eigenvalue weighted by molar-refractivity contribution is -0.123. The van der Waals surface area contributed by atoms with Gasteiger partial charge in [-0.1, -0.05) is 25.1 Å². The van der Waals surface area contributed by atoms with E-state index in [9.17, 15) is 4.79 Å². The maximum atomic E-state index is 11.3. The first kappa shape index (κ1) is 12.8. The molecule has 5 nitrogen and oxygen atoms in total. The number of aromatic nitrogens is 2. The van der Waals surface area contributed by atoms with Crippen LogP contribution in [0.5, 0.6) is 0 Å². The standard InChI is InChI=1S/C12H14N4OS/c1-8(11(17)16-13)6-18-12-9-4-2-3-5-10(9)14-7-15-12/h2-5,7-8H,6,13H2,1H3,(H,16,17). The molecule has 0 aliphatic carbocycles. The molecule has 18 heavy (non-hydrogen) atoms. The number of nitrogens with zero attached hydrogens (tertiary/aromatic N) is 2. The Morgan fingerprint density at radius 2 is 2.22 bits per heavy atom. The van der Waals surface area contributed by atoms with Crippen molar-refractivity contribution in [2.75, 3.05) is 5.75 Å². The smallest absolute Gasteiger partial charge is 0.237 e. The molecule has 1 amide bonds. The van der Waals surface area contributed by atoms with E-state index in [1.807, 2.05) is 31.2 Å². The van der Waals surface area contributed by atoms with Gasteiger partial charge in [-0.25, -0.2) is 15.8 Å². The Balaban J connectivity index is 2.15. The molecule has 1 aromatic carbocycles. The monoisotopic (exact) mass is 262 g/mol.